The largest absolute Gasteiger partial charge is 0.397 e. The highest BCUT2D eigenvalue weighted by atomic mass is 35.5. The molecule has 2 rings (SSSR count). The molecule has 0 aliphatic carbocycles. The summed E-state index contributed by atoms with van der Waals surface area (Å²) in [4.78, 5) is 15.5. The van der Waals surface area contributed by atoms with E-state index in [1.54, 1.807) is 0 Å². The molecule has 0 aromatic carbocycles. The zero-order chi connectivity index (χ0) is 11.5. The molecule has 0 saturated carbocycles. The van der Waals surface area contributed by atoms with Crippen molar-refractivity contribution in [2.75, 3.05) is 11.1 Å². The van der Waals surface area contributed by atoms with Gasteiger partial charge in [0.1, 0.15) is 10.7 Å². The Bertz CT molecular complexity index is 515. The second-order valence-electron chi connectivity index (χ2n) is 2.79. The maximum absolute atomic E-state index is 11.7. The fourth-order valence-corrected chi connectivity index (χ4v) is 1.63. The number of carbonyl (C=O) groups excluding carboxylic acids is 1. The second kappa shape index (κ2) is 4.42. The summed E-state index contributed by atoms with van der Waals surface area (Å²) in [7, 11) is 0. The molecular formula is C8H6ClN5OS. The van der Waals surface area contributed by atoms with Crippen molar-refractivity contribution in [2.24, 2.45) is 0 Å². The molecule has 2 aromatic rings. The molecule has 0 aliphatic rings. The van der Waals surface area contributed by atoms with Crippen molar-refractivity contribution in [3.63, 3.8) is 0 Å². The van der Waals surface area contributed by atoms with Gasteiger partial charge >= 0.3 is 0 Å². The highest BCUT2D eigenvalue weighted by molar-refractivity contribution is 7.13. The van der Waals surface area contributed by atoms with Gasteiger partial charge in [0.25, 0.3) is 5.91 Å². The van der Waals surface area contributed by atoms with E-state index in [1.165, 1.54) is 29.1 Å². The Labute approximate surface area is 99.5 Å². The summed E-state index contributed by atoms with van der Waals surface area (Å²) < 4.78 is 0. The van der Waals surface area contributed by atoms with E-state index in [-0.39, 0.29) is 16.4 Å². The Morgan fingerprint density at radius 2 is 2.38 bits per heavy atom. The van der Waals surface area contributed by atoms with Crippen molar-refractivity contribution in [3.8, 4) is 0 Å². The number of halogens is 1. The number of rotatable bonds is 2. The van der Waals surface area contributed by atoms with Crippen LogP contribution in [-0.4, -0.2) is 21.1 Å². The van der Waals surface area contributed by atoms with Gasteiger partial charge in [0, 0.05) is 0 Å². The molecule has 6 nitrogen and oxygen atoms in total. The lowest BCUT2D eigenvalue weighted by Crippen LogP contribution is -2.14. The molecule has 2 aromatic heterocycles. The van der Waals surface area contributed by atoms with Gasteiger partial charge in [-0.25, -0.2) is 4.98 Å². The van der Waals surface area contributed by atoms with Gasteiger partial charge < -0.3 is 5.73 Å². The Morgan fingerprint density at radius 3 is 3.06 bits per heavy atom. The topological polar surface area (TPSA) is 93.8 Å². The summed E-state index contributed by atoms with van der Waals surface area (Å²) in [6.45, 7) is 0. The second-order valence-corrected chi connectivity index (χ2v) is 4.01. The van der Waals surface area contributed by atoms with E-state index in [9.17, 15) is 4.79 Å². The van der Waals surface area contributed by atoms with Gasteiger partial charge in [0.2, 0.25) is 5.13 Å². The van der Waals surface area contributed by atoms with Crippen LogP contribution in [0, 0.1) is 0 Å². The molecule has 0 spiro atoms. The number of nitrogens with one attached hydrogen (secondary N) is 1. The number of nitrogens with two attached hydrogens (primary N) is 1. The van der Waals surface area contributed by atoms with E-state index in [4.69, 9.17) is 17.3 Å². The van der Waals surface area contributed by atoms with E-state index < -0.39 is 5.91 Å². The summed E-state index contributed by atoms with van der Waals surface area (Å²) >= 11 is 6.88. The van der Waals surface area contributed by atoms with Crippen LogP contribution in [-0.2, 0) is 0 Å². The lowest BCUT2D eigenvalue weighted by molar-refractivity contribution is 0.102. The maximum atomic E-state index is 11.7. The average Bonchev–Trinajstić information content (AvgIpc) is 2.74. The first-order valence-corrected chi connectivity index (χ1v) is 5.41. The molecule has 1 amide bonds. The highest BCUT2D eigenvalue weighted by Crippen LogP contribution is 2.17. The first-order valence-electron chi connectivity index (χ1n) is 4.15. The number of nitrogens with zero attached hydrogens (tertiary/aromatic N) is 3. The number of amides is 1. The van der Waals surface area contributed by atoms with Crippen molar-refractivity contribution in [3.05, 3.63) is 28.5 Å². The fraction of sp³-hybridized carbons (Fsp3) is 0. The standard InChI is InChI=1S/C8H6ClN5OS/c9-6-1-4(5(10)2-11-6)7(15)13-8-14-12-3-16-8/h1-3H,10H2,(H,13,14,15). The molecule has 0 unspecified atom stereocenters. The van der Waals surface area contributed by atoms with Gasteiger partial charge in [-0.15, -0.1) is 10.2 Å². The molecule has 16 heavy (non-hydrogen) atoms. The van der Waals surface area contributed by atoms with Gasteiger partial charge in [-0.05, 0) is 6.07 Å². The minimum atomic E-state index is -0.390. The Balaban J connectivity index is 2.24. The lowest BCUT2D eigenvalue weighted by atomic mass is 10.2. The fourth-order valence-electron chi connectivity index (χ4n) is 1.03. The van der Waals surface area contributed by atoms with Gasteiger partial charge in [0.05, 0.1) is 17.4 Å². The van der Waals surface area contributed by atoms with Crippen molar-refractivity contribution >= 4 is 39.7 Å². The monoisotopic (exact) mass is 255 g/mol. The molecule has 2 heterocycles. The Hall–Kier alpha value is -1.73. The van der Waals surface area contributed by atoms with Crippen LogP contribution in [0.4, 0.5) is 10.8 Å². The predicted octanol–water partition coefficient (Wildman–Crippen LogP) is 1.42. The normalized spacial score (nSPS) is 10.1. The van der Waals surface area contributed by atoms with Crippen molar-refractivity contribution < 1.29 is 4.79 Å². The SMILES string of the molecule is Nc1cnc(Cl)cc1C(=O)Nc1nncs1. The van der Waals surface area contributed by atoms with Crippen LogP contribution in [0.5, 0.6) is 0 Å². The first kappa shape index (κ1) is 10.8. The van der Waals surface area contributed by atoms with Crippen molar-refractivity contribution in [1.82, 2.24) is 15.2 Å². The minimum absolute atomic E-state index is 0.205. The third-order valence-corrected chi connectivity index (χ3v) is 2.54. The maximum Gasteiger partial charge on any atom is 0.259 e. The van der Waals surface area contributed by atoms with Gasteiger partial charge in [-0.2, -0.15) is 0 Å². The van der Waals surface area contributed by atoms with Crippen molar-refractivity contribution in [2.45, 2.75) is 0 Å². The molecule has 0 radical (unpaired) electrons. The van der Waals surface area contributed by atoms with Gasteiger partial charge in [0.15, 0.2) is 0 Å². The van der Waals surface area contributed by atoms with E-state index in [0.717, 1.165) is 0 Å². The van der Waals surface area contributed by atoms with E-state index in [1.807, 2.05) is 0 Å². The van der Waals surface area contributed by atoms with E-state index in [2.05, 4.69) is 20.5 Å². The minimum Gasteiger partial charge on any atom is -0.397 e. The van der Waals surface area contributed by atoms with Crippen LogP contribution < -0.4 is 11.1 Å². The molecule has 0 aliphatic heterocycles. The molecule has 0 bridgehead atoms. The summed E-state index contributed by atoms with van der Waals surface area (Å²) in [5, 5.41) is 10.4. The number of hydrogen-bond donors (Lipinski definition) is 2. The Kier molecular flexibility index (Phi) is 2.97. The van der Waals surface area contributed by atoms with E-state index >= 15 is 0 Å². The third-order valence-electron chi connectivity index (χ3n) is 1.73. The molecule has 0 fully saturated rings. The quantitative estimate of drug-likeness (QED) is 0.792. The van der Waals surface area contributed by atoms with Crippen LogP contribution in [0.1, 0.15) is 10.4 Å². The van der Waals surface area contributed by atoms with Crippen molar-refractivity contribution in [1.29, 1.82) is 0 Å². The number of pyridine rings is 1. The predicted molar refractivity (Wildman–Crippen MR) is 61.5 cm³/mol. The molecule has 3 N–H and O–H groups in total. The number of aromatic nitrogens is 3. The van der Waals surface area contributed by atoms with E-state index in [0.29, 0.717) is 5.13 Å². The highest BCUT2D eigenvalue weighted by Gasteiger charge is 2.12. The average molecular weight is 256 g/mol. The molecular weight excluding hydrogens is 250 g/mol. The molecule has 82 valence electrons. The first-order chi connectivity index (χ1) is 7.66. The van der Waals surface area contributed by atoms with Gasteiger partial charge in [-0.1, -0.05) is 22.9 Å². The van der Waals surface area contributed by atoms with Crippen LogP contribution >= 0.6 is 22.9 Å². The Morgan fingerprint density at radius 1 is 1.56 bits per heavy atom. The third kappa shape index (κ3) is 2.26. The number of carbonyl (C=O) groups is 1. The zero-order valence-electron chi connectivity index (χ0n) is 7.85. The number of anilines is 2. The summed E-state index contributed by atoms with van der Waals surface area (Å²) in [5.74, 6) is -0.390. The molecule has 0 atom stereocenters. The van der Waals surface area contributed by atoms with Crippen LogP contribution in [0.3, 0.4) is 0 Å². The zero-order valence-corrected chi connectivity index (χ0v) is 9.42. The van der Waals surface area contributed by atoms with Crippen LogP contribution in [0.15, 0.2) is 17.8 Å². The summed E-state index contributed by atoms with van der Waals surface area (Å²) in [5.41, 5.74) is 7.63. The smallest absolute Gasteiger partial charge is 0.259 e. The van der Waals surface area contributed by atoms with Crippen LogP contribution in [0.2, 0.25) is 5.15 Å². The lowest BCUT2D eigenvalue weighted by Gasteiger charge is -2.04. The van der Waals surface area contributed by atoms with Crippen LogP contribution in [0.25, 0.3) is 0 Å². The summed E-state index contributed by atoms with van der Waals surface area (Å²) in [6, 6.07) is 1.40. The number of nitrogen functional groups attached to an aromatic ring is 1. The molecule has 8 heteroatoms. The molecule has 0 saturated heterocycles. The van der Waals surface area contributed by atoms with Gasteiger partial charge in [-0.3, -0.25) is 10.1 Å². The number of hydrogen-bond acceptors (Lipinski definition) is 6. The summed E-state index contributed by atoms with van der Waals surface area (Å²) in [6.07, 6.45) is 1.33.